The van der Waals surface area contributed by atoms with Gasteiger partial charge in [-0.2, -0.15) is 0 Å². The molecule has 0 spiro atoms. The van der Waals surface area contributed by atoms with Crippen LogP contribution in [-0.4, -0.2) is 107 Å². The third kappa shape index (κ3) is 8.24. The van der Waals surface area contributed by atoms with Crippen LogP contribution in [0.25, 0.3) is 0 Å². The van der Waals surface area contributed by atoms with E-state index in [-0.39, 0.29) is 114 Å². The highest BCUT2D eigenvalue weighted by molar-refractivity contribution is 7.49. The first-order valence-electron chi connectivity index (χ1n) is 21.7. The topological polar surface area (TPSA) is 241 Å². The highest BCUT2D eigenvalue weighted by atomic mass is 35.5. The number of fused-ring (bicyclic) bond motifs is 9. The molecule has 8 saturated carbocycles. The number of hydrogen-bond acceptors (Lipinski definition) is 19. The SMILES string of the molecule is O=C(Cl)C12CC3CC(C1)CC(C(=O)Cl)(C3)C2.O=C(OCC12COP(=O)(OC1)OC2)C12CC3CC(C1)CC(C(=O)OCC14COP(=O)(OC1)OC4)(C3)C2.O=P12OCC(CO)(CO1)CO2. The van der Waals surface area contributed by atoms with Crippen LogP contribution < -0.4 is 0 Å². The molecular formula is C39H53Cl2O19P3. The van der Waals surface area contributed by atoms with E-state index in [1.165, 1.54) is 0 Å². The number of rotatable bonds is 9. The average Bonchev–Trinajstić information content (AvgIpc) is 3.26. The predicted molar refractivity (Wildman–Crippen MR) is 214 cm³/mol. The molecule has 17 fully saturated rings. The van der Waals surface area contributed by atoms with E-state index >= 15 is 0 Å². The van der Waals surface area contributed by atoms with Crippen LogP contribution in [0.1, 0.15) is 77.0 Å². The molecule has 14 bridgehead atoms. The molecule has 9 saturated heterocycles. The molecule has 0 aromatic rings. The quantitative estimate of drug-likeness (QED) is 0.152. The highest BCUT2D eigenvalue weighted by Crippen LogP contribution is 2.68. The van der Waals surface area contributed by atoms with Crippen LogP contribution in [0.4, 0.5) is 0 Å². The van der Waals surface area contributed by atoms with Gasteiger partial charge in [0, 0.05) is 10.8 Å². The molecule has 9 heterocycles. The second-order valence-corrected chi connectivity index (χ2v) is 26.9. The Morgan fingerprint density at radius 1 is 0.460 bits per heavy atom. The van der Waals surface area contributed by atoms with Crippen molar-refractivity contribution in [2.45, 2.75) is 77.0 Å². The van der Waals surface area contributed by atoms with E-state index in [9.17, 15) is 32.9 Å². The van der Waals surface area contributed by atoms with Crippen LogP contribution in [-0.2, 0) is 83.1 Å². The van der Waals surface area contributed by atoms with Gasteiger partial charge in [0.15, 0.2) is 0 Å². The Morgan fingerprint density at radius 2 is 0.714 bits per heavy atom. The van der Waals surface area contributed by atoms with Crippen molar-refractivity contribution < 1.29 is 88.2 Å². The van der Waals surface area contributed by atoms with Gasteiger partial charge in [0.05, 0.1) is 93.1 Å². The van der Waals surface area contributed by atoms with Gasteiger partial charge in [-0.05, 0) is 124 Å². The second-order valence-electron chi connectivity index (χ2n) is 21.2. The fourth-order valence-electron chi connectivity index (χ4n) is 13.2. The molecule has 8 aliphatic carbocycles. The zero-order valence-electron chi connectivity index (χ0n) is 34.7. The number of phosphoric acid groups is 3. The fourth-order valence-corrected chi connectivity index (χ4v) is 18.2. The van der Waals surface area contributed by atoms with E-state index in [1.807, 2.05) is 0 Å². The second kappa shape index (κ2) is 15.8. The third-order valence-corrected chi connectivity index (χ3v) is 20.7. The fraction of sp³-hybridized carbons (Fsp3) is 0.897. The van der Waals surface area contributed by atoms with E-state index in [4.69, 9.17) is 78.5 Å². The minimum atomic E-state index is -3.44. The third-order valence-electron chi connectivity index (χ3n) is 15.9. The summed E-state index contributed by atoms with van der Waals surface area (Å²) in [5.74, 6) is 0.882. The molecule has 0 amide bonds. The number of phosphoric ester groups is 3. The zero-order valence-corrected chi connectivity index (χ0v) is 38.9. The molecule has 352 valence electrons. The van der Waals surface area contributed by atoms with E-state index in [1.54, 1.807) is 0 Å². The summed E-state index contributed by atoms with van der Waals surface area (Å²) in [5, 5.41) is 8.43. The summed E-state index contributed by atoms with van der Waals surface area (Å²) in [6.45, 7) is 1.75. The monoisotopic (exact) mass is 988 g/mol. The molecule has 0 aromatic heterocycles. The molecule has 24 heteroatoms. The van der Waals surface area contributed by atoms with E-state index in [0.717, 1.165) is 38.5 Å². The molecule has 1 N–H and O–H groups in total. The van der Waals surface area contributed by atoms with E-state index in [2.05, 4.69) is 0 Å². The zero-order chi connectivity index (χ0) is 44.4. The Hall–Kier alpha value is -0.850. The van der Waals surface area contributed by atoms with Gasteiger partial charge in [-0.25, -0.2) is 13.7 Å². The minimum absolute atomic E-state index is 0.0484. The summed E-state index contributed by atoms with van der Waals surface area (Å²) in [5.41, 5.74) is -4.14. The van der Waals surface area contributed by atoms with Crippen LogP contribution in [0.2, 0.25) is 0 Å². The van der Waals surface area contributed by atoms with Crippen LogP contribution in [0, 0.1) is 61.6 Å². The van der Waals surface area contributed by atoms with Crippen LogP contribution in [0.3, 0.4) is 0 Å². The predicted octanol–water partition coefficient (Wildman–Crippen LogP) is 6.26. The van der Waals surface area contributed by atoms with Crippen molar-refractivity contribution in [1.82, 2.24) is 0 Å². The van der Waals surface area contributed by atoms with Crippen LogP contribution in [0.5, 0.6) is 0 Å². The van der Waals surface area contributed by atoms with Crippen molar-refractivity contribution in [1.29, 1.82) is 0 Å². The van der Waals surface area contributed by atoms with E-state index < -0.39 is 61.4 Å². The van der Waals surface area contributed by atoms with Gasteiger partial charge < -0.3 is 14.6 Å². The molecule has 0 atom stereocenters. The summed E-state index contributed by atoms with van der Waals surface area (Å²) in [6.07, 6.45) is 9.47. The highest BCUT2D eigenvalue weighted by Gasteiger charge is 2.66. The van der Waals surface area contributed by atoms with Crippen molar-refractivity contribution in [3.8, 4) is 0 Å². The first-order chi connectivity index (χ1) is 29.7. The molecular weight excluding hydrogens is 936 g/mol. The lowest BCUT2D eigenvalue weighted by Crippen LogP contribution is -2.59. The lowest BCUT2D eigenvalue weighted by atomic mass is 9.44. The Kier molecular flexibility index (Phi) is 11.5. The number of carbonyl (C=O) groups is 4. The first-order valence-corrected chi connectivity index (χ1v) is 26.8. The van der Waals surface area contributed by atoms with Gasteiger partial charge in [0.2, 0.25) is 10.5 Å². The molecule has 19 nitrogen and oxygen atoms in total. The smallest absolute Gasteiger partial charge is 0.464 e. The standard InChI is InChI=1S/C22H30O12P2.C12H14Cl2O2.C5H9O5P/c23-17(27-7-19-9-29-35(25,30-10-19)31-11-19)21-2-15-1-16(4-21)5-22(3-15,6-21)18(24)28-8-20-12-32-36(26,33-13-20)34-14-20;13-9(15)11-2-7-1-8(4-11)5-12(3-7,6-11)10(14)16;6-1-5-2-8-11(7,9-3-5)10-4-5/h15-16H,1-14H2;7-8H,1-6H2;6H,1-4H2. The summed E-state index contributed by atoms with van der Waals surface area (Å²) < 4.78 is 92.6. The molecule has 63 heavy (non-hydrogen) atoms. The maximum atomic E-state index is 13.5. The van der Waals surface area contributed by atoms with Gasteiger partial charge in [-0.15, -0.1) is 0 Å². The summed E-state index contributed by atoms with van der Waals surface area (Å²) in [7, 11) is -10.1. The summed E-state index contributed by atoms with van der Waals surface area (Å²) >= 11 is 11.5. The van der Waals surface area contributed by atoms with Crippen molar-refractivity contribution in [3.63, 3.8) is 0 Å². The molecule has 0 unspecified atom stereocenters. The number of ether oxygens (including phenoxy) is 2. The Morgan fingerprint density at radius 3 is 0.984 bits per heavy atom. The average molecular weight is 990 g/mol. The van der Waals surface area contributed by atoms with Crippen LogP contribution >= 0.6 is 46.7 Å². The van der Waals surface area contributed by atoms with Crippen molar-refractivity contribution in [2.75, 3.05) is 79.3 Å². The van der Waals surface area contributed by atoms with Gasteiger partial charge in [-0.1, -0.05) is 0 Å². The Labute approximate surface area is 373 Å². The summed E-state index contributed by atoms with van der Waals surface area (Å²) in [6, 6.07) is 0. The van der Waals surface area contributed by atoms with Gasteiger partial charge in [-0.3, -0.25) is 59.9 Å². The number of esters is 2. The largest absolute Gasteiger partial charge is 0.474 e. The minimum Gasteiger partial charge on any atom is -0.464 e. The van der Waals surface area contributed by atoms with Gasteiger partial charge in [0.1, 0.15) is 13.2 Å². The van der Waals surface area contributed by atoms with Crippen molar-refractivity contribution in [3.05, 3.63) is 0 Å². The number of hydrogen-bond donors (Lipinski definition) is 1. The van der Waals surface area contributed by atoms with E-state index in [0.29, 0.717) is 50.4 Å². The molecule has 0 aromatic carbocycles. The van der Waals surface area contributed by atoms with Crippen LogP contribution in [0.15, 0.2) is 0 Å². The molecule has 17 rings (SSSR count). The number of halogens is 2. The maximum Gasteiger partial charge on any atom is 0.474 e. The van der Waals surface area contributed by atoms with Crippen molar-refractivity contribution >= 4 is 69.1 Å². The maximum absolute atomic E-state index is 13.5. The lowest BCUT2D eigenvalue weighted by Gasteiger charge is -2.59. The molecule has 0 radical (unpaired) electrons. The first kappa shape index (κ1) is 45.9. The number of carbonyl (C=O) groups excluding carboxylic acids is 4. The summed E-state index contributed by atoms with van der Waals surface area (Å²) in [4.78, 5) is 50.4. The molecule has 17 aliphatic rings. The Bertz CT molecular complexity index is 1850. The van der Waals surface area contributed by atoms with Crippen molar-refractivity contribution in [2.24, 2.45) is 61.6 Å². The van der Waals surface area contributed by atoms with Gasteiger partial charge in [0.25, 0.3) is 0 Å². The normalized spacial score (nSPS) is 51.1. The lowest BCUT2D eigenvalue weighted by molar-refractivity contribution is -0.203. The van der Waals surface area contributed by atoms with Gasteiger partial charge >= 0.3 is 35.4 Å². The number of aliphatic hydroxyl groups excluding tert-OH is 1. The number of aliphatic hydroxyl groups is 1. The Balaban J connectivity index is 0.000000142. The molecule has 9 aliphatic heterocycles.